The van der Waals surface area contributed by atoms with E-state index >= 15 is 0 Å². The van der Waals surface area contributed by atoms with Crippen LogP contribution in [0.25, 0.3) is 0 Å². The Balaban J connectivity index is 2.29. The highest BCUT2D eigenvalue weighted by Gasteiger charge is 2.24. The third-order valence-electron chi connectivity index (χ3n) is 2.99. The molecule has 20 heavy (non-hydrogen) atoms. The molecule has 0 saturated carbocycles. The number of unbranched alkanes of at least 4 members (excludes halogenated alkanes) is 1. The van der Waals surface area contributed by atoms with Crippen molar-refractivity contribution in [1.82, 2.24) is 0 Å². The maximum Gasteiger partial charge on any atom is 0.327 e. The molecule has 4 heteroatoms. The number of ether oxygens (including phenoxy) is 1. The molecule has 0 heterocycles. The van der Waals surface area contributed by atoms with Crippen LogP contribution < -0.4 is 0 Å². The van der Waals surface area contributed by atoms with Gasteiger partial charge in [-0.1, -0.05) is 56.0 Å². The number of carboxylic acid groups (broad SMARTS) is 1. The second kappa shape index (κ2) is 8.02. The average Bonchev–Trinajstić information content (AvgIpc) is 2.37. The van der Waals surface area contributed by atoms with Gasteiger partial charge in [-0.05, 0) is 18.4 Å². The van der Waals surface area contributed by atoms with Crippen molar-refractivity contribution in [2.45, 2.75) is 39.1 Å². The van der Waals surface area contributed by atoms with Gasteiger partial charge in [0.25, 0.3) is 0 Å². The third-order valence-corrected chi connectivity index (χ3v) is 5.03. The molecule has 0 aromatic heterocycles. The van der Waals surface area contributed by atoms with Crippen molar-refractivity contribution in [3.63, 3.8) is 0 Å². The first-order valence-corrected chi connectivity index (χ1v) is 10.5. The summed E-state index contributed by atoms with van der Waals surface area (Å²) in [4.78, 5) is 11.2. The molecule has 0 atom stereocenters. The highest BCUT2D eigenvalue weighted by molar-refractivity contribution is 6.86. The SMILES string of the molecule is C[Si](C)(C)/C(=C/CCCOCc1ccccc1)C(=O)O. The fourth-order valence-electron chi connectivity index (χ4n) is 1.91. The monoisotopic (exact) mass is 292 g/mol. The topological polar surface area (TPSA) is 46.5 Å². The van der Waals surface area contributed by atoms with Crippen molar-refractivity contribution >= 4 is 14.0 Å². The van der Waals surface area contributed by atoms with Crippen LogP contribution in [0, 0.1) is 0 Å². The van der Waals surface area contributed by atoms with E-state index in [0.717, 1.165) is 18.4 Å². The molecule has 1 rings (SSSR count). The largest absolute Gasteiger partial charge is 0.478 e. The lowest BCUT2D eigenvalue weighted by atomic mass is 10.2. The minimum absolute atomic E-state index is 0.612. The van der Waals surface area contributed by atoms with Gasteiger partial charge in [0.05, 0.1) is 14.7 Å². The summed E-state index contributed by atoms with van der Waals surface area (Å²) in [6, 6.07) is 10.0. The molecule has 1 N–H and O–H groups in total. The summed E-state index contributed by atoms with van der Waals surface area (Å²) in [7, 11) is -1.75. The molecule has 110 valence electrons. The summed E-state index contributed by atoms with van der Waals surface area (Å²) in [5, 5.41) is 9.81. The molecule has 1 aromatic carbocycles. The maximum absolute atomic E-state index is 11.2. The van der Waals surface area contributed by atoms with Crippen LogP contribution in [0.5, 0.6) is 0 Å². The maximum atomic E-state index is 11.2. The molecule has 0 bridgehead atoms. The predicted octanol–water partition coefficient (Wildman–Crippen LogP) is 3.87. The average molecular weight is 292 g/mol. The zero-order valence-corrected chi connectivity index (χ0v) is 13.6. The summed E-state index contributed by atoms with van der Waals surface area (Å²) in [5.74, 6) is -0.769. The molecule has 0 aliphatic carbocycles. The molecule has 0 unspecified atom stereocenters. The van der Waals surface area contributed by atoms with Gasteiger partial charge in [0.2, 0.25) is 0 Å². The van der Waals surface area contributed by atoms with Crippen LogP contribution in [-0.4, -0.2) is 25.8 Å². The summed E-state index contributed by atoms with van der Waals surface area (Å²) in [5.41, 5.74) is 1.16. The molecule has 0 amide bonds. The second-order valence-electron chi connectivity index (χ2n) is 5.85. The molecule has 0 aliphatic rings. The fraction of sp³-hybridized carbons (Fsp3) is 0.438. The highest BCUT2D eigenvalue weighted by atomic mass is 28.3. The minimum atomic E-state index is -1.75. The lowest BCUT2D eigenvalue weighted by Crippen LogP contribution is -2.29. The Hall–Kier alpha value is -1.39. The smallest absolute Gasteiger partial charge is 0.327 e. The van der Waals surface area contributed by atoms with Crippen molar-refractivity contribution in [1.29, 1.82) is 0 Å². The lowest BCUT2D eigenvalue weighted by Gasteiger charge is -2.16. The summed E-state index contributed by atoms with van der Waals surface area (Å²) in [6.07, 6.45) is 3.50. The minimum Gasteiger partial charge on any atom is -0.478 e. The van der Waals surface area contributed by atoms with Crippen LogP contribution in [0.4, 0.5) is 0 Å². The first-order valence-electron chi connectivity index (χ1n) is 6.97. The Kier molecular flexibility index (Phi) is 6.68. The molecule has 0 saturated heterocycles. The van der Waals surface area contributed by atoms with Gasteiger partial charge in [0, 0.05) is 11.8 Å². The van der Waals surface area contributed by atoms with E-state index in [1.54, 1.807) is 0 Å². The third kappa shape index (κ3) is 6.17. The van der Waals surface area contributed by atoms with Crippen LogP contribution in [0.2, 0.25) is 19.6 Å². The van der Waals surface area contributed by atoms with Gasteiger partial charge in [-0.3, -0.25) is 0 Å². The van der Waals surface area contributed by atoms with Gasteiger partial charge in [-0.25, -0.2) is 4.79 Å². The van der Waals surface area contributed by atoms with Crippen molar-refractivity contribution in [2.75, 3.05) is 6.61 Å². The van der Waals surface area contributed by atoms with E-state index in [9.17, 15) is 9.90 Å². The van der Waals surface area contributed by atoms with Gasteiger partial charge in [0.1, 0.15) is 0 Å². The van der Waals surface area contributed by atoms with E-state index in [2.05, 4.69) is 19.6 Å². The van der Waals surface area contributed by atoms with Crippen molar-refractivity contribution in [3.8, 4) is 0 Å². The number of hydrogen-bond donors (Lipinski definition) is 1. The van der Waals surface area contributed by atoms with Crippen LogP contribution in [0.15, 0.2) is 41.6 Å². The first kappa shape index (κ1) is 16.7. The summed E-state index contributed by atoms with van der Waals surface area (Å²) < 4.78 is 5.58. The first-order chi connectivity index (χ1) is 9.41. The van der Waals surface area contributed by atoms with E-state index in [1.165, 1.54) is 0 Å². The Morgan fingerprint density at radius 3 is 2.45 bits per heavy atom. The lowest BCUT2D eigenvalue weighted by molar-refractivity contribution is -0.132. The number of allylic oxidation sites excluding steroid dienone is 1. The second-order valence-corrected chi connectivity index (χ2v) is 10.9. The van der Waals surface area contributed by atoms with E-state index in [1.807, 2.05) is 36.4 Å². The van der Waals surface area contributed by atoms with Gasteiger partial charge < -0.3 is 9.84 Å². The number of rotatable bonds is 8. The number of carbonyl (C=O) groups is 1. The van der Waals surface area contributed by atoms with E-state index in [0.29, 0.717) is 18.4 Å². The van der Waals surface area contributed by atoms with Gasteiger partial charge in [-0.15, -0.1) is 0 Å². The Bertz CT molecular complexity index is 447. The van der Waals surface area contributed by atoms with Crippen LogP contribution in [0.1, 0.15) is 18.4 Å². The number of hydrogen-bond acceptors (Lipinski definition) is 2. The molecule has 0 radical (unpaired) electrons. The predicted molar refractivity (Wildman–Crippen MR) is 84.4 cm³/mol. The van der Waals surface area contributed by atoms with Crippen molar-refractivity contribution in [2.24, 2.45) is 0 Å². The molecule has 0 aliphatic heterocycles. The van der Waals surface area contributed by atoms with Gasteiger partial charge in [-0.2, -0.15) is 0 Å². The number of aliphatic carboxylic acids is 1. The highest BCUT2D eigenvalue weighted by Crippen LogP contribution is 2.16. The number of benzene rings is 1. The molecular formula is C16H24O3Si. The quantitative estimate of drug-likeness (QED) is 0.449. The molecule has 1 aromatic rings. The van der Waals surface area contributed by atoms with Crippen molar-refractivity contribution in [3.05, 3.63) is 47.2 Å². The zero-order chi connectivity index (χ0) is 15.0. The van der Waals surface area contributed by atoms with E-state index in [4.69, 9.17) is 4.74 Å². The summed E-state index contributed by atoms with van der Waals surface area (Å²) in [6.45, 7) is 7.44. The molecule has 3 nitrogen and oxygen atoms in total. The Labute approximate surface area is 122 Å². The standard InChI is InChI=1S/C16H24O3Si/c1-20(2,3)15(16(17)18)11-7-8-12-19-13-14-9-5-4-6-10-14/h4-6,9-11H,7-8,12-13H2,1-3H3,(H,17,18)/b15-11+. The van der Waals surface area contributed by atoms with E-state index in [-0.39, 0.29) is 0 Å². The number of carboxylic acids is 1. The molecule has 0 fully saturated rings. The normalized spacial score (nSPS) is 12.4. The van der Waals surface area contributed by atoms with E-state index < -0.39 is 14.0 Å². The Morgan fingerprint density at radius 2 is 1.90 bits per heavy atom. The fourth-order valence-corrected chi connectivity index (χ4v) is 3.31. The Morgan fingerprint density at radius 1 is 1.25 bits per heavy atom. The van der Waals surface area contributed by atoms with Gasteiger partial charge >= 0.3 is 5.97 Å². The van der Waals surface area contributed by atoms with Crippen LogP contribution in [0.3, 0.4) is 0 Å². The van der Waals surface area contributed by atoms with Crippen LogP contribution in [-0.2, 0) is 16.1 Å². The van der Waals surface area contributed by atoms with Crippen molar-refractivity contribution < 1.29 is 14.6 Å². The molecular weight excluding hydrogens is 268 g/mol. The summed E-state index contributed by atoms with van der Waals surface area (Å²) >= 11 is 0. The zero-order valence-electron chi connectivity index (χ0n) is 12.6. The van der Waals surface area contributed by atoms with Crippen LogP contribution >= 0.6 is 0 Å². The molecule has 0 spiro atoms. The van der Waals surface area contributed by atoms with Gasteiger partial charge in [0.15, 0.2) is 0 Å².